The maximum Gasteiger partial charge on any atom is 0.511 e. The fourth-order valence-corrected chi connectivity index (χ4v) is 4.07. The third-order valence-electron chi connectivity index (χ3n) is 5.82. The number of phenols is 1. The molecule has 0 atom stereocenters. The maximum atomic E-state index is 10.9. The highest BCUT2D eigenvalue weighted by Gasteiger charge is 2.16. The van der Waals surface area contributed by atoms with Crippen LogP contribution in [-0.2, 0) is 5.41 Å². The van der Waals surface area contributed by atoms with Crippen molar-refractivity contribution in [3.05, 3.63) is 72.6 Å². The van der Waals surface area contributed by atoms with Crippen LogP contribution in [0.2, 0.25) is 0 Å². The van der Waals surface area contributed by atoms with E-state index in [1.807, 2.05) is 18.3 Å². The van der Waals surface area contributed by atoms with E-state index in [0.717, 1.165) is 22.2 Å². The number of aromatic nitrogens is 3. The minimum atomic E-state index is -1.44. The summed E-state index contributed by atoms with van der Waals surface area (Å²) < 4.78 is 4.69. The summed E-state index contributed by atoms with van der Waals surface area (Å²) in [6, 6.07) is 16.9. The van der Waals surface area contributed by atoms with Crippen LogP contribution in [-0.4, -0.2) is 31.3 Å². The van der Waals surface area contributed by atoms with E-state index in [1.54, 1.807) is 18.3 Å². The Morgan fingerprint density at radius 1 is 0.941 bits per heavy atom. The molecule has 0 unspecified atom stereocenters. The predicted octanol–water partition coefficient (Wildman–Crippen LogP) is 6.51. The standard InChI is InChI=1S/C27H23N3O4/c1-27(2,3)19-7-4-15(5-8-19)17-10-18(14-28-13-17)25-29-21-9-6-16-11-20(34-26(32)33)12-22(31)23(16)24(21)30-25/h4-14,31H,1-3H3,(H,29,30)(H,32,33). The first-order valence-electron chi connectivity index (χ1n) is 10.8. The minimum Gasteiger partial charge on any atom is -0.507 e. The van der Waals surface area contributed by atoms with Gasteiger partial charge in [-0.05, 0) is 40.1 Å². The lowest BCUT2D eigenvalue weighted by Gasteiger charge is -2.19. The highest BCUT2D eigenvalue weighted by molar-refractivity contribution is 6.08. The van der Waals surface area contributed by atoms with Gasteiger partial charge in [0.2, 0.25) is 0 Å². The van der Waals surface area contributed by atoms with Crippen LogP contribution in [0.25, 0.3) is 44.3 Å². The van der Waals surface area contributed by atoms with Crippen LogP contribution in [0.1, 0.15) is 26.3 Å². The molecular weight excluding hydrogens is 430 g/mol. The number of carboxylic acid groups (broad SMARTS) is 1. The second kappa shape index (κ2) is 7.88. The summed E-state index contributed by atoms with van der Waals surface area (Å²) >= 11 is 0. The number of rotatable bonds is 3. The molecule has 2 heterocycles. The summed E-state index contributed by atoms with van der Waals surface area (Å²) in [6.45, 7) is 6.56. The van der Waals surface area contributed by atoms with Gasteiger partial charge >= 0.3 is 6.16 Å². The van der Waals surface area contributed by atoms with Crippen LogP contribution in [0.3, 0.4) is 0 Å². The number of nitrogens with one attached hydrogen (secondary N) is 1. The SMILES string of the molecule is CC(C)(C)c1ccc(-c2cncc(-c3nc4c(ccc5cc(OC(=O)O)cc(O)c54)[nH]3)c2)cc1. The number of carbonyl (C=O) groups is 1. The molecule has 0 fully saturated rings. The molecular formula is C27H23N3O4. The number of nitrogens with zero attached hydrogens (tertiary/aromatic N) is 2. The molecule has 3 aromatic carbocycles. The second-order valence-electron chi connectivity index (χ2n) is 9.25. The zero-order valence-corrected chi connectivity index (χ0v) is 19.0. The van der Waals surface area contributed by atoms with Crippen molar-refractivity contribution >= 4 is 28.0 Å². The van der Waals surface area contributed by atoms with E-state index in [0.29, 0.717) is 22.1 Å². The van der Waals surface area contributed by atoms with Gasteiger partial charge < -0.3 is 19.9 Å². The van der Waals surface area contributed by atoms with Crippen molar-refractivity contribution < 1.29 is 19.7 Å². The third kappa shape index (κ3) is 3.92. The molecule has 34 heavy (non-hydrogen) atoms. The molecule has 0 aliphatic carbocycles. The van der Waals surface area contributed by atoms with Gasteiger partial charge in [0, 0.05) is 29.6 Å². The Morgan fingerprint density at radius 3 is 2.38 bits per heavy atom. The van der Waals surface area contributed by atoms with E-state index < -0.39 is 6.16 Å². The maximum absolute atomic E-state index is 10.9. The number of benzene rings is 3. The van der Waals surface area contributed by atoms with E-state index >= 15 is 0 Å². The highest BCUT2D eigenvalue weighted by atomic mass is 16.7. The summed E-state index contributed by atoms with van der Waals surface area (Å²) in [4.78, 5) is 23.3. The average molecular weight is 453 g/mol. The molecule has 7 heteroatoms. The zero-order valence-electron chi connectivity index (χ0n) is 19.0. The molecule has 5 aromatic rings. The van der Waals surface area contributed by atoms with E-state index in [4.69, 9.17) is 14.8 Å². The minimum absolute atomic E-state index is 0.0435. The Hall–Kier alpha value is -4.39. The molecule has 0 saturated heterocycles. The topological polar surface area (TPSA) is 108 Å². The third-order valence-corrected chi connectivity index (χ3v) is 5.82. The predicted molar refractivity (Wildman–Crippen MR) is 131 cm³/mol. The number of pyridine rings is 1. The van der Waals surface area contributed by atoms with Crippen molar-refractivity contribution in [1.29, 1.82) is 0 Å². The van der Waals surface area contributed by atoms with Gasteiger partial charge in [-0.1, -0.05) is 51.1 Å². The van der Waals surface area contributed by atoms with Gasteiger partial charge in [-0.3, -0.25) is 4.98 Å². The van der Waals surface area contributed by atoms with Gasteiger partial charge in [-0.2, -0.15) is 0 Å². The van der Waals surface area contributed by atoms with Gasteiger partial charge in [0.1, 0.15) is 22.8 Å². The average Bonchev–Trinajstić information content (AvgIpc) is 3.22. The molecule has 7 nitrogen and oxygen atoms in total. The summed E-state index contributed by atoms with van der Waals surface area (Å²) in [5.41, 5.74) is 5.51. The lowest BCUT2D eigenvalue weighted by molar-refractivity contribution is 0.144. The molecule has 0 amide bonds. The monoisotopic (exact) mass is 453 g/mol. The molecule has 0 aliphatic heterocycles. The van der Waals surface area contributed by atoms with Gasteiger partial charge in [-0.15, -0.1) is 0 Å². The molecule has 170 valence electrons. The quantitative estimate of drug-likeness (QED) is 0.212. The van der Waals surface area contributed by atoms with Crippen LogP contribution in [0.4, 0.5) is 4.79 Å². The van der Waals surface area contributed by atoms with Crippen LogP contribution < -0.4 is 4.74 Å². The van der Waals surface area contributed by atoms with Crippen molar-refractivity contribution in [2.75, 3.05) is 0 Å². The Kier molecular flexibility index (Phi) is 4.97. The van der Waals surface area contributed by atoms with Crippen LogP contribution in [0, 0.1) is 0 Å². The lowest BCUT2D eigenvalue weighted by atomic mass is 9.86. The molecule has 3 N–H and O–H groups in total. The lowest BCUT2D eigenvalue weighted by Crippen LogP contribution is -2.10. The van der Waals surface area contributed by atoms with E-state index in [9.17, 15) is 9.90 Å². The first-order chi connectivity index (χ1) is 16.2. The highest BCUT2D eigenvalue weighted by Crippen LogP contribution is 2.36. The molecule has 5 rings (SSSR count). The number of imidazole rings is 1. The van der Waals surface area contributed by atoms with Crippen molar-refractivity contribution in [3.8, 4) is 34.0 Å². The van der Waals surface area contributed by atoms with Crippen molar-refractivity contribution in [1.82, 2.24) is 15.0 Å². The number of hydrogen-bond donors (Lipinski definition) is 3. The Bertz CT molecular complexity index is 1550. The zero-order chi connectivity index (χ0) is 24.0. The number of aromatic amines is 1. The Balaban J connectivity index is 1.56. The van der Waals surface area contributed by atoms with E-state index in [1.165, 1.54) is 11.6 Å². The van der Waals surface area contributed by atoms with E-state index in [-0.39, 0.29) is 16.9 Å². The molecule has 0 radical (unpaired) electrons. The molecule has 0 saturated carbocycles. The molecule has 0 aliphatic rings. The van der Waals surface area contributed by atoms with Crippen LogP contribution in [0.15, 0.2) is 67.0 Å². The van der Waals surface area contributed by atoms with Gasteiger partial charge in [-0.25, -0.2) is 9.78 Å². The first-order valence-corrected chi connectivity index (χ1v) is 10.8. The summed E-state index contributed by atoms with van der Waals surface area (Å²) in [7, 11) is 0. The van der Waals surface area contributed by atoms with Crippen molar-refractivity contribution in [2.24, 2.45) is 0 Å². The van der Waals surface area contributed by atoms with Gasteiger partial charge in [0.25, 0.3) is 0 Å². The second-order valence-corrected chi connectivity index (χ2v) is 9.25. The fourth-order valence-electron chi connectivity index (χ4n) is 4.07. The number of fused-ring (bicyclic) bond motifs is 3. The van der Waals surface area contributed by atoms with E-state index in [2.05, 4.69) is 55.0 Å². The van der Waals surface area contributed by atoms with Gasteiger partial charge in [0.15, 0.2) is 0 Å². The number of aromatic hydroxyl groups is 1. The number of ether oxygens (including phenoxy) is 1. The number of H-pyrrole nitrogens is 1. The normalized spacial score (nSPS) is 11.7. The Labute approximate surface area is 195 Å². The summed E-state index contributed by atoms with van der Waals surface area (Å²) in [6.07, 6.45) is 2.12. The van der Waals surface area contributed by atoms with Crippen molar-refractivity contribution in [2.45, 2.75) is 26.2 Å². The van der Waals surface area contributed by atoms with Gasteiger partial charge in [0.05, 0.1) is 10.9 Å². The summed E-state index contributed by atoms with van der Waals surface area (Å²) in [5, 5.41) is 20.6. The molecule has 0 spiro atoms. The van der Waals surface area contributed by atoms with Crippen LogP contribution >= 0.6 is 0 Å². The largest absolute Gasteiger partial charge is 0.511 e. The molecule has 2 aromatic heterocycles. The summed E-state index contributed by atoms with van der Waals surface area (Å²) in [5.74, 6) is 0.554. The number of phenolic OH excluding ortho intramolecular Hbond substituents is 1. The number of hydrogen-bond acceptors (Lipinski definition) is 5. The smallest absolute Gasteiger partial charge is 0.507 e. The molecule has 0 bridgehead atoms. The first kappa shape index (κ1) is 21.5. The Morgan fingerprint density at radius 2 is 1.68 bits per heavy atom. The van der Waals surface area contributed by atoms with Crippen molar-refractivity contribution in [3.63, 3.8) is 0 Å². The fraction of sp³-hybridized carbons (Fsp3) is 0.148. The van der Waals surface area contributed by atoms with Crippen LogP contribution in [0.5, 0.6) is 11.5 Å².